The van der Waals surface area contributed by atoms with E-state index in [0.29, 0.717) is 11.4 Å². The summed E-state index contributed by atoms with van der Waals surface area (Å²) in [6.07, 6.45) is 0.156. The molecule has 0 saturated carbocycles. The van der Waals surface area contributed by atoms with Gasteiger partial charge < -0.3 is 5.11 Å². The van der Waals surface area contributed by atoms with E-state index in [9.17, 15) is 23.4 Å². The number of carbonyl (C=O) groups excluding carboxylic acids is 2. The van der Waals surface area contributed by atoms with Gasteiger partial charge >= 0.3 is 153 Å². The smallest absolute Gasteiger partial charge is 0.304 e. The molecular weight excluding hydrogens is 491 g/mol. The van der Waals surface area contributed by atoms with Crippen LogP contribution in [0.5, 0.6) is 5.75 Å². The molecule has 0 aliphatic carbocycles. The average molecular weight is 514 g/mol. The number of carboxylic acid groups (broad SMARTS) is 1. The number of carbonyl (C=O) groups is 3. The van der Waals surface area contributed by atoms with Crippen molar-refractivity contribution < 1.29 is 36.1 Å². The van der Waals surface area contributed by atoms with E-state index in [0.717, 1.165) is 0 Å². The van der Waals surface area contributed by atoms with E-state index in [1.165, 1.54) is 38.1 Å². The summed E-state index contributed by atoms with van der Waals surface area (Å²) < 4.78 is 22.6. The number of amides is 2. The molecule has 1 unspecified atom stereocenters. The number of hydrogen-bond acceptors (Lipinski definition) is 8. The molecule has 2 aromatic carbocycles. The van der Waals surface area contributed by atoms with Gasteiger partial charge in [-0.05, 0) is 0 Å². The first-order valence-corrected chi connectivity index (χ1v) is 12.7. The number of thiol groups is 1. The van der Waals surface area contributed by atoms with Crippen LogP contribution in [0.15, 0.2) is 48.5 Å². The summed E-state index contributed by atoms with van der Waals surface area (Å²) in [7, 11) is 0. The molecule has 2 amide bonds. The van der Waals surface area contributed by atoms with E-state index in [2.05, 4.69) is 27.1 Å². The average Bonchev–Trinajstić information content (AvgIpc) is 2.69. The second-order valence-electron chi connectivity index (χ2n) is 5.94. The monoisotopic (exact) mass is 514 g/mol. The van der Waals surface area contributed by atoms with Crippen molar-refractivity contribution in [3.05, 3.63) is 48.5 Å². The van der Waals surface area contributed by atoms with Crippen molar-refractivity contribution in [1.29, 1.82) is 0 Å². The van der Waals surface area contributed by atoms with Crippen LogP contribution in [0.4, 0.5) is 11.4 Å². The molecule has 0 aromatic heterocycles. The second-order valence-corrected chi connectivity index (χ2v) is 10.2. The Hall–Kier alpha value is -2.72. The molecule has 1 atom stereocenters. The molecule has 0 heterocycles. The minimum absolute atomic E-state index is 0.0595. The quantitative estimate of drug-likeness (QED) is 0.156. The molecule has 0 aliphatic heterocycles. The fourth-order valence-electron chi connectivity index (χ4n) is 2.15. The summed E-state index contributed by atoms with van der Waals surface area (Å²) in [6, 6.07) is 12.2. The normalized spacial score (nSPS) is 11.9. The van der Waals surface area contributed by atoms with Gasteiger partial charge in [0, 0.05) is 5.75 Å². The molecule has 2 aromatic rings. The molecular formula is C19H23AsN2O8S. The summed E-state index contributed by atoms with van der Waals surface area (Å²) in [5.41, 5.74) is 0.756. The van der Waals surface area contributed by atoms with Gasteiger partial charge in [-0.3, -0.25) is 4.79 Å². The van der Waals surface area contributed by atoms with E-state index in [1.807, 2.05) is 0 Å². The first-order valence-electron chi connectivity index (χ1n) is 8.81. The third-order valence-corrected chi connectivity index (χ3v) is 7.02. The van der Waals surface area contributed by atoms with Gasteiger partial charge in [0.15, 0.2) is 0 Å². The van der Waals surface area contributed by atoms with Gasteiger partial charge in [0.25, 0.3) is 0 Å². The number of hydrogen-bond donors (Lipinski definition) is 5. The predicted molar refractivity (Wildman–Crippen MR) is 118 cm³/mol. The SMILES string of the molecule is CC(=O)Nc1ccc(O[As](=O)(OO)c2ccccc2NC(C)=O)cc1.O=C(O)CCS. The standard InChI is InChI=1S/C16H17AsN2O6.C3H6O2S/c1-11(20)18-13-7-9-14(10-8-13)24-17(22,25-23)15-5-3-4-6-16(15)19-12(2)21;4-3(5)1-2-6/h3-10,23H,1-2H3,(H,18,20)(H,19,21);6H,1-2H2,(H,4,5). The zero-order valence-corrected chi connectivity index (χ0v) is 19.5. The molecule has 0 saturated heterocycles. The van der Waals surface area contributed by atoms with Gasteiger partial charge in [0.2, 0.25) is 0 Å². The maximum atomic E-state index is 13.0. The largest absolute Gasteiger partial charge is 0.481 e. The molecule has 0 spiro atoms. The van der Waals surface area contributed by atoms with Crippen LogP contribution < -0.4 is 18.7 Å². The third-order valence-electron chi connectivity index (χ3n) is 3.34. The summed E-state index contributed by atoms with van der Waals surface area (Å²) in [4.78, 5) is 31.9. The van der Waals surface area contributed by atoms with Gasteiger partial charge in [0.05, 0.1) is 6.42 Å². The zero-order valence-electron chi connectivity index (χ0n) is 16.8. The predicted octanol–water partition coefficient (Wildman–Crippen LogP) is 2.14. The third kappa shape index (κ3) is 9.31. The van der Waals surface area contributed by atoms with Gasteiger partial charge in [-0.1, -0.05) is 0 Å². The van der Waals surface area contributed by atoms with E-state index in [-0.39, 0.29) is 34.0 Å². The molecule has 31 heavy (non-hydrogen) atoms. The van der Waals surface area contributed by atoms with Crippen molar-refractivity contribution in [2.75, 3.05) is 16.4 Å². The zero-order chi connectivity index (χ0) is 23.4. The Morgan fingerprint density at radius 2 is 1.58 bits per heavy atom. The van der Waals surface area contributed by atoms with Crippen LogP contribution >= 0.6 is 12.6 Å². The Labute approximate surface area is 187 Å². The molecule has 0 fully saturated rings. The fraction of sp³-hybridized carbons (Fsp3) is 0.211. The van der Waals surface area contributed by atoms with E-state index in [4.69, 9.17) is 8.83 Å². The van der Waals surface area contributed by atoms with E-state index >= 15 is 0 Å². The van der Waals surface area contributed by atoms with Gasteiger partial charge in [-0.15, -0.1) is 0 Å². The molecule has 12 heteroatoms. The van der Waals surface area contributed by atoms with Crippen molar-refractivity contribution in [3.63, 3.8) is 0 Å². The number of para-hydroxylation sites is 1. The van der Waals surface area contributed by atoms with E-state index < -0.39 is 20.1 Å². The summed E-state index contributed by atoms with van der Waals surface area (Å²) in [6.45, 7) is 2.68. The Bertz CT molecular complexity index is 952. The Balaban J connectivity index is 0.000000703. The number of aliphatic carboxylic acids is 1. The van der Waals surface area contributed by atoms with Gasteiger partial charge in [-0.25, -0.2) is 0 Å². The Kier molecular flexibility index (Phi) is 10.9. The maximum Gasteiger partial charge on any atom is 0.304 e. The van der Waals surface area contributed by atoms with Crippen molar-refractivity contribution in [3.8, 4) is 5.75 Å². The fourth-order valence-corrected chi connectivity index (χ4v) is 5.10. The first-order chi connectivity index (χ1) is 14.6. The van der Waals surface area contributed by atoms with Crippen molar-refractivity contribution >= 4 is 60.3 Å². The van der Waals surface area contributed by atoms with Crippen LogP contribution in [0.2, 0.25) is 0 Å². The molecule has 10 nitrogen and oxygen atoms in total. The number of nitrogens with one attached hydrogen (secondary N) is 2. The van der Waals surface area contributed by atoms with Crippen LogP contribution in [0, 0.1) is 0 Å². The van der Waals surface area contributed by atoms with Crippen LogP contribution in [-0.4, -0.2) is 48.1 Å². The number of rotatable bonds is 8. The Morgan fingerprint density at radius 3 is 2.03 bits per heavy atom. The van der Waals surface area contributed by atoms with Crippen molar-refractivity contribution in [1.82, 2.24) is 0 Å². The minimum atomic E-state index is -4.90. The van der Waals surface area contributed by atoms with Gasteiger partial charge in [0.1, 0.15) is 0 Å². The molecule has 0 radical (unpaired) electrons. The summed E-state index contributed by atoms with van der Waals surface area (Å²) >= 11 is -1.22. The summed E-state index contributed by atoms with van der Waals surface area (Å²) in [5, 5.41) is 22.2. The maximum absolute atomic E-state index is 13.0. The second kappa shape index (κ2) is 12.9. The summed E-state index contributed by atoms with van der Waals surface area (Å²) in [5.74, 6) is -0.790. The van der Waals surface area contributed by atoms with Crippen LogP contribution in [0.1, 0.15) is 20.3 Å². The molecule has 0 bridgehead atoms. The molecule has 4 N–H and O–H groups in total. The van der Waals surface area contributed by atoms with Crippen molar-refractivity contribution in [2.24, 2.45) is 0 Å². The number of anilines is 2. The molecule has 2 rings (SSSR count). The van der Waals surface area contributed by atoms with Gasteiger partial charge in [-0.2, -0.15) is 12.6 Å². The minimum Gasteiger partial charge on any atom is -0.481 e. The van der Waals surface area contributed by atoms with E-state index in [1.54, 1.807) is 24.3 Å². The van der Waals surface area contributed by atoms with Crippen LogP contribution in [0.3, 0.4) is 0 Å². The van der Waals surface area contributed by atoms with Crippen molar-refractivity contribution in [2.45, 2.75) is 20.3 Å². The first kappa shape index (κ1) is 26.3. The van der Waals surface area contributed by atoms with Crippen LogP contribution in [-0.2, 0) is 22.0 Å². The molecule has 0 aliphatic rings. The number of carboxylic acids is 1. The topological polar surface area (TPSA) is 151 Å². The van der Waals surface area contributed by atoms with Crippen LogP contribution in [0.25, 0.3) is 0 Å². The Morgan fingerprint density at radius 1 is 1.00 bits per heavy atom. The number of benzene rings is 2. The molecule has 168 valence electrons.